The molecule has 0 aliphatic heterocycles. The molecule has 0 saturated heterocycles. The molecule has 1 aromatic rings. The van der Waals surface area contributed by atoms with E-state index in [9.17, 15) is 10.1 Å². The van der Waals surface area contributed by atoms with Gasteiger partial charge in [-0.2, -0.15) is 0 Å². The number of nitrogens with zero attached hydrogens (tertiary/aromatic N) is 2. The van der Waals surface area contributed by atoms with Gasteiger partial charge < -0.3 is 10.6 Å². The van der Waals surface area contributed by atoms with Gasteiger partial charge in [0.25, 0.3) is 0 Å². The monoisotopic (exact) mass is 250 g/mol. The zero-order valence-corrected chi connectivity index (χ0v) is 10.6. The van der Waals surface area contributed by atoms with E-state index in [1.807, 2.05) is 0 Å². The highest BCUT2D eigenvalue weighted by molar-refractivity contribution is 5.60. The molecule has 2 N–H and O–H groups in total. The highest BCUT2D eigenvalue weighted by Crippen LogP contribution is 2.31. The van der Waals surface area contributed by atoms with Crippen LogP contribution in [0.25, 0.3) is 0 Å². The van der Waals surface area contributed by atoms with Crippen molar-refractivity contribution >= 4 is 17.3 Å². The largest absolute Gasteiger partial charge is 0.373 e. The van der Waals surface area contributed by atoms with E-state index >= 15 is 0 Å². The fourth-order valence-corrected chi connectivity index (χ4v) is 2.38. The van der Waals surface area contributed by atoms with Crippen LogP contribution in [0.15, 0.2) is 12.1 Å². The lowest BCUT2D eigenvalue weighted by atomic mass is 10.1. The maximum atomic E-state index is 11.0. The van der Waals surface area contributed by atoms with Crippen molar-refractivity contribution in [3.8, 4) is 0 Å². The van der Waals surface area contributed by atoms with E-state index in [1.54, 1.807) is 13.1 Å². The molecular weight excluding hydrogens is 232 g/mol. The molecule has 6 heteroatoms. The molecule has 6 nitrogen and oxygen atoms in total. The molecule has 1 saturated carbocycles. The van der Waals surface area contributed by atoms with Gasteiger partial charge in [-0.15, -0.1) is 0 Å². The van der Waals surface area contributed by atoms with Gasteiger partial charge in [0, 0.05) is 19.2 Å². The van der Waals surface area contributed by atoms with Crippen LogP contribution in [0, 0.1) is 16.0 Å². The van der Waals surface area contributed by atoms with Gasteiger partial charge in [0.15, 0.2) is 0 Å². The second-order valence-electron chi connectivity index (χ2n) is 4.73. The van der Waals surface area contributed by atoms with E-state index in [-0.39, 0.29) is 11.7 Å². The van der Waals surface area contributed by atoms with Crippen molar-refractivity contribution in [2.45, 2.75) is 32.2 Å². The molecule has 18 heavy (non-hydrogen) atoms. The van der Waals surface area contributed by atoms with Gasteiger partial charge >= 0.3 is 5.69 Å². The number of hydrogen-bond donors (Lipinski definition) is 2. The minimum Gasteiger partial charge on any atom is -0.373 e. The van der Waals surface area contributed by atoms with Gasteiger partial charge in [0.2, 0.25) is 5.82 Å². The first kappa shape index (κ1) is 12.6. The molecule has 98 valence electrons. The lowest BCUT2D eigenvalue weighted by molar-refractivity contribution is -0.384. The zero-order chi connectivity index (χ0) is 13.1. The average molecular weight is 250 g/mol. The molecule has 2 atom stereocenters. The van der Waals surface area contributed by atoms with Crippen LogP contribution in [-0.4, -0.2) is 23.0 Å². The molecule has 1 fully saturated rings. The van der Waals surface area contributed by atoms with Crippen LogP contribution in [-0.2, 0) is 0 Å². The van der Waals surface area contributed by atoms with Crippen LogP contribution >= 0.6 is 0 Å². The molecule has 0 aromatic carbocycles. The second-order valence-corrected chi connectivity index (χ2v) is 4.73. The zero-order valence-electron chi connectivity index (χ0n) is 10.6. The van der Waals surface area contributed by atoms with Crippen molar-refractivity contribution in [1.29, 1.82) is 0 Å². The number of rotatable bonds is 4. The summed E-state index contributed by atoms with van der Waals surface area (Å²) in [4.78, 5) is 14.8. The van der Waals surface area contributed by atoms with E-state index in [0.29, 0.717) is 17.6 Å². The van der Waals surface area contributed by atoms with Gasteiger partial charge in [-0.25, -0.2) is 4.98 Å². The Hall–Kier alpha value is -1.85. The maximum absolute atomic E-state index is 11.0. The molecule has 1 aliphatic rings. The molecule has 1 aromatic heterocycles. The third kappa shape index (κ3) is 2.52. The predicted molar refractivity (Wildman–Crippen MR) is 70.9 cm³/mol. The Bertz CT molecular complexity index is 450. The second kappa shape index (κ2) is 5.20. The van der Waals surface area contributed by atoms with Crippen molar-refractivity contribution < 1.29 is 4.92 Å². The van der Waals surface area contributed by atoms with Crippen molar-refractivity contribution in [2.75, 3.05) is 17.7 Å². The Balaban J connectivity index is 2.25. The van der Waals surface area contributed by atoms with Gasteiger partial charge in [-0.05, 0) is 24.8 Å². The quantitative estimate of drug-likeness (QED) is 0.634. The van der Waals surface area contributed by atoms with E-state index < -0.39 is 4.92 Å². The third-order valence-corrected chi connectivity index (χ3v) is 3.51. The number of anilines is 2. The molecule has 0 spiro atoms. The lowest BCUT2D eigenvalue weighted by Gasteiger charge is -2.18. The topological polar surface area (TPSA) is 80.1 Å². The number of aromatic nitrogens is 1. The van der Waals surface area contributed by atoms with Crippen LogP contribution in [0.5, 0.6) is 0 Å². The Labute approximate surface area is 106 Å². The molecule has 0 amide bonds. The fourth-order valence-electron chi connectivity index (χ4n) is 2.38. The SMILES string of the molecule is CNc1ccc([N+](=O)[O-])c(NC2CCCC2C)n1. The summed E-state index contributed by atoms with van der Waals surface area (Å²) in [5.41, 5.74) is 0.0353. The number of nitro groups is 1. The van der Waals surface area contributed by atoms with E-state index in [0.717, 1.165) is 12.8 Å². The normalized spacial score (nSPS) is 22.8. The summed E-state index contributed by atoms with van der Waals surface area (Å²) in [6.07, 6.45) is 3.37. The van der Waals surface area contributed by atoms with E-state index in [1.165, 1.54) is 12.5 Å². The van der Waals surface area contributed by atoms with Crippen LogP contribution in [0.1, 0.15) is 26.2 Å². The Morgan fingerprint density at radius 3 is 2.78 bits per heavy atom. The minimum absolute atomic E-state index is 0.0353. The highest BCUT2D eigenvalue weighted by Gasteiger charge is 2.26. The summed E-state index contributed by atoms with van der Waals surface area (Å²) in [6, 6.07) is 3.38. The van der Waals surface area contributed by atoms with Crippen molar-refractivity contribution in [1.82, 2.24) is 4.98 Å². The first-order valence-corrected chi connectivity index (χ1v) is 6.21. The lowest BCUT2D eigenvalue weighted by Crippen LogP contribution is -2.23. The highest BCUT2D eigenvalue weighted by atomic mass is 16.6. The minimum atomic E-state index is -0.394. The van der Waals surface area contributed by atoms with Crippen LogP contribution in [0.2, 0.25) is 0 Å². The van der Waals surface area contributed by atoms with Gasteiger partial charge in [-0.3, -0.25) is 10.1 Å². The van der Waals surface area contributed by atoms with Crippen molar-refractivity contribution in [3.63, 3.8) is 0 Å². The summed E-state index contributed by atoms with van der Waals surface area (Å²) < 4.78 is 0. The first-order valence-electron chi connectivity index (χ1n) is 6.21. The summed E-state index contributed by atoms with van der Waals surface area (Å²) in [5, 5.41) is 17.1. The van der Waals surface area contributed by atoms with Gasteiger partial charge in [-0.1, -0.05) is 13.3 Å². The Kier molecular flexibility index (Phi) is 3.64. The summed E-state index contributed by atoms with van der Waals surface area (Å²) in [6.45, 7) is 2.17. The fraction of sp³-hybridized carbons (Fsp3) is 0.583. The van der Waals surface area contributed by atoms with E-state index in [2.05, 4.69) is 22.5 Å². The third-order valence-electron chi connectivity index (χ3n) is 3.51. The molecule has 2 unspecified atom stereocenters. The van der Waals surface area contributed by atoms with Crippen LogP contribution < -0.4 is 10.6 Å². The van der Waals surface area contributed by atoms with Gasteiger partial charge in [0.05, 0.1) is 4.92 Å². The number of nitrogens with one attached hydrogen (secondary N) is 2. The molecule has 1 heterocycles. The number of hydrogen-bond acceptors (Lipinski definition) is 5. The number of pyridine rings is 1. The van der Waals surface area contributed by atoms with Crippen molar-refractivity contribution in [2.24, 2.45) is 5.92 Å². The molecule has 0 bridgehead atoms. The van der Waals surface area contributed by atoms with Crippen molar-refractivity contribution in [3.05, 3.63) is 22.2 Å². The first-order chi connectivity index (χ1) is 8.61. The standard InChI is InChI=1S/C12H18N4O2/c1-8-4-3-5-9(8)14-12-10(16(17)18)6-7-11(13-2)15-12/h6-9H,3-5H2,1-2H3,(H2,13,14,15). The van der Waals surface area contributed by atoms with E-state index in [4.69, 9.17) is 0 Å². The molecule has 2 rings (SSSR count). The Morgan fingerprint density at radius 2 is 2.22 bits per heavy atom. The molecular formula is C12H18N4O2. The van der Waals surface area contributed by atoms with Crippen LogP contribution in [0.4, 0.5) is 17.3 Å². The molecule has 0 radical (unpaired) electrons. The van der Waals surface area contributed by atoms with Gasteiger partial charge in [0.1, 0.15) is 5.82 Å². The predicted octanol–water partition coefficient (Wildman–Crippen LogP) is 2.63. The smallest absolute Gasteiger partial charge is 0.311 e. The van der Waals surface area contributed by atoms with Crippen LogP contribution in [0.3, 0.4) is 0 Å². The summed E-state index contributed by atoms with van der Waals surface area (Å²) >= 11 is 0. The average Bonchev–Trinajstić information content (AvgIpc) is 2.74. The summed E-state index contributed by atoms with van der Waals surface area (Å²) in [7, 11) is 1.75. The summed E-state index contributed by atoms with van der Waals surface area (Å²) in [5.74, 6) is 1.53. The molecule has 1 aliphatic carbocycles. The maximum Gasteiger partial charge on any atom is 0.311 e. The Morgan fingerprint density at radius 1 is 1.44 bits per heavy atom.